The first-order chi connectivity index (χ1) is 6.67. The Kier molecular flexibility index (Phi) is 3.71. The normalized spacial score (nSPS) is 12.3. The van der Waals surface area contributed by atoms with E-state index in [0.29, 0.717) is 5.75 Å². The van der Waals surface area contributed by atoms with Crippen molar-refractivity contribution in [2.45, 2.75) is 19.9 Å². The van der Waals surface area contributed by atoms with E-state index in [1.807, 2.05) is 19.9 Å². The Morgan fingerprint density at radius 2 is 2.36 bits per heavy atom. The molecule has 1 atom stereocenters. The second-order valence-electron chi connectivity index (χ2n) is 3.25. The molecule has 0 bridgehead atoms. The fourth-order valence-corrected chi connectivity index (χ4v) is 1.13. The molecule has 4 heteroatoms. The average Bonchev–Trinajstić information content (AvgIpc) is 2.18. The number of nitrogens with zero attached hydrogens (tertiary/aromatic N) is 1. The number of aromatic nitrogens is 1. The number of hydrogen-bond donors (Lipinski definition) is 2. The monoisotopic (exact) mass is 196 g/mol. The first-order valence-corrected chi connectivity index (χ1v) is 4.55. The molecule has 0 saturated heterocycles. The Bertz CT molecular complexity index is 302. The third kappa shape index (κ3) is 2.60. The van der Waals surface area contributed by atoms with E-state index in [4.69, 9.17) is 9.84 Å². The minimum absolute atomic E-state index is 0.00528. The van der Waals surface area contributed by atoms with E-state index in [0.717, 1.165) is 11.4 Å². The van der Waals surface area contributed by atoms with E-state index < -0.39 is 0 Å². The molecule has 1 aromatic heterocycles. The highest BCUT2D eigenvalue weighted by Crippen LogP contribution is 2.23. The molecule has 0 aliphatic carbocycles. The summed E-state index contributed by atoms with van der Waals surface area (Å²) in [5, 5.41) is 12.0. The summed E-state index contributed by atoms with van der Waals surface area (Å²) < 4.78 is 5.14. The van der Waals surface area contributed by atoms with Crippen LogP contribution in [0.5, 0.6) is 5.75 Å². The van der Waals surface area contributed by atoms with Gasteiger partial charge in [0.25, 0.3) is 0 Å². The number of ether oxygens (including phenoxy) is 1. The van der Waals surface area contributed by atoms with Crippen LogP contribution in [-0.2, 0) is 0 Å². The van der Waals surface area contributed by atoms with Gasteiger partial charge in [-0.2, -0.15) is 0 Å². The molecule has 78 valence electrons. The zero-order valence-corrected chi connectivity index (χ0v) is 8.74. The molecule has 1 rings (SSSR count). The van der Waals surface area contributed by atoms with Gasteiger partial charge in [0.15, 0.2) is 5.75 Å². The largest absolute Gasteiger partial charge is 0.493 e. The molecule has 1 heterocycles. The third-order valence-electron chi connectivity index (χ3n) is 1.90. The summed E-state index contributed by atoms with van der Waals surface area (Å²) in [4.78, 5) is 4.12. The topological polar surface area (TPSA) is 54.4 Å². The van der Waals surface area contributed by atoms with Crippen LogP contribution in [0.1, 0.15) is 12.6 Å². The molecule has 2 N–H and O–H groups in total. The maximum Gasteiger partial charge on any atom is 0.160 e. The molecule has 0 unspecified atom stereocenters. The van der Waals surface area contributed by atoms with Gasteiger partial charge in [-0.15, -0.1) is 0 Å². The van der Waals surface area contributed by atoms with Crippen LogP contribution in [0.25, 0.3) is 0 Å². The van der Waals surface area contributed by atoms with E-state index >= 15 is 0 Å². The maximum absolute atomic E-state index is 8.91. The van der Waals surface area contributed by atoms with Gasteiger partial charge in [-0.3, -0.25) is 4.98 Å². The van der Waals surface area contributed by atoms with Gasteiger partial charge < -0.3 is 15.2 Å². The SMILES string of the molecule is COc1cnc(C)cc1N[C@@H](C)CO. The molecule has 0 fully saturated rings. The summed E-state index contributed by atoms with van der Waals surface area (Å²) >= 11 is 0. The number of pyridine rings is 1. The van der Waals surface area contributed by atoms with Crippen LogP contribution in [0.15, 0.2) is 12.3 Å². The molecule has 0 radical (unpaired) electrons. The molecule has 4 nitrogen and oxygen atoms in total. The number of rotatable bonds is 4. The molecule has 0 aliphatic heterocycles. The zero-order chi connectivity index (χ0) is 10.6. The fourth-order valence-electron chi connectivity index (χ4n) is 1.13. The van der Waals surface area contributed by atoms with Crippen molar-refractivity contribution in [2.75, 3.05) is 19.0 Å². The van der Waals surface area contributed by atoms with Crippen LogP contribution in [0.2, 0.25) is 0 Å². The Labute approximate surface area is 83.9 Å². The average molecular weight is 196 g/mol. The van der Waals surface area contributed by atoms with Crippen molar-refractivity contribution in [1.29, 1.82) is 0 Å². The molecular formula is C10H16N2O2. The second kappa shape index (κ2) is 4.81. The van der Waals surface area contributed by atoms with Gasteiger partial charge >= 0.3 is 0 Å². The van der Waals surface area contributed by atoms with Crippen molar-refractivity contribution < 1.29 is 9.84 Å². The molecule has 0 aromatic carbocycles. The van der Waals surface area contributed by atoms with Crippen molar-refractivity contribution in [3.05, 3.63) is 18.0 Å². The zero-order valence-electron chi connectivity index (χ0n) is 8.74. The maximum atomic E-state index is 8.91. The van der Waals surface area contributed by atoms with E-state index in [-0.39, 0.29) is 12.6 Å². The van der Waals surface area contributed by atoms with Gasteiger partial charge in [0.2, 0.25) is 0 Å². The number of aliphatic hydroxyl groups excluding tert-OH is 1. The van der Waals surface area contributed by atoms with Gasteiger partial charge in [-0.1, -0.05) is 0 Å². The van der Waals surface area contributed by atoms with Crippen LogP contribution in [-0.4, -0.2) is 29.8 Å². The number of aryl methyl sites for hydroxylation is 1. The van der Waals surface area contributed by atoms with Crippen LogP contribution in [0.3, 0.4) is 0 Å². The fraction of sp³-hybridized carbons (Fsp3) is 0.500. The predicted molar refractivity (Wildman–Crippen MR) is 55.7 cm³/mol. The van der Waals surface area contributed by atoms with Gasteiger partial charge in [0.1, 0.15) is 0 Å². The number of methoxy groups -OCH3 is 1. The Morgan fingerprint density at radius 3 is 2.93 bits per heavy atom. The minimum Gasteiger partial charge on any atom is -0.493 e. The predicted octanol–water partition coefficient (Wildman–Crippen LogP) is 1.19. The summed E-state index contributed by atoms with van der Waals surface area (Å²) in [5.41, 5.74) is 1.78. The molecular weight excluding hydrogens is 180 g/mol. The molecule has 0 saturated carbocycles. The van der Waals surface area contributed by atoms with Crippen molar-refractivity contribution in [3.63, 3.8) is 0 Å². The molecule has 0 spiro atoms. The van der Waals surface area contributed by atoms with E-state index in [1.54, 1.807) is 13.3 Å². The Morgan fingerprint density at radius 1 is 1.64 bits per heavy atom. The Hall–Kier alpha value is -1.29. The van der Waals surface area contributed by atoms with Crippen molar-refractivity contribution in [1.82, 2.24) is 4.98 Å². The quantitative estimate of drug-likeness (QED) is 0.759. The summed E-state index contributed by atoms with van der Waals surface area (Å²) in [6, 6.07) is 1.90. The summed E-state index contributed by atoms with van der Waals surface area (Å²) in [6.07, 6.45) is 1.67. The van der Waals surface area contributed by atoms with Gasteiger partial charge in [-0.05, 0) is 19.9 Å². The summed E-state index contributed by atoms with van der Waals surface area (Å²) in [7, 11) is 1.60. The number of hydrogen-bond acceptors (Lipinski definition) is 4. The van der Waals surface area contributed by atoms with Gasteiger partial charge in [-0.25, -0.2) is 0 Å². The first-order valence-electron chi connectivity index (χ1n) is 4.55. The van der Waals surface area contributed by atoms with Crippen LogP contribution in [0.4, 0.5) is 5.69 Å². The highest BCUT2D eigenvalue weighted by molar-refractivity contribution is 5.56. The van der Waals surface area contributed by atoms with E-state index in [2.05, 4.69) is 10.3 Å². The number of nitrogens with one attached hydrogen (secondary N) is 1. The summed E-state index contributed by atoms with van der Waals surface area (Å²) in [6.45, 7) is 3.90. The lowest BCUT2D eigenvalue weighted by molar-refractivity contribution is 0.281. The van der Waals surface area contributed by atoms with Gasteiger partial charge in [0.05, 0.1) is 25.6 Å². The lowest BCUT2D eigenvalue weighted by atomic mass is 10.2. The molecule has 0 amide bonds. The molecule has 14 heavy (non-hydrogen) atoms. The smallest absolute Gasteiger partial charge is 0.160 e. The highest BCUT2D eigenvalue weighted by atomic mass is 16.5. The van der Waals surface area contributed by atoms with Crippen molar-refractivity contribution >= 4 is 5.69 Å². The van der Waals surface area contributed by atoms with E-state index in [1.165, 1.54) is 0 Å². The number of anilines is 1. The minimum atomic E-state index is 0.00528. The molecule has 1 aromatic rings. The van der Waals surface area contributed by atoms with Crippen LogP contribution in [0, 0.1) is 6.92 Å². The number of aliphatic hydroxyl groups is 1. The Balaban J connectivity index is 2.87. The molecule has 0 aliphatic rings. The third-order valence-corrected chi connectivity index (χ3v) is 1.90. The lowest BCUT2D eigenvalue weighted by Crippen LogP contribution is -2.19. The van der Waals surface area contributed by atoms with E-state index in [9.17, 15) is 0 Å². The first kappa shape index (κ1) is 10.8. The van der Waals surface area contributed by atoms with Crippen molar-refractivity contribution in [3.8, 4) is 5.75 Å². The second-order valence-corrected chi connectivity index (χ2v) is 3.25. The lowest BCUT2D eigenvalue weighted by Gasteiger charge is -2.15. The standard InChI is InChI=1S/C10H16N2O2/c1-7-4-9(12-8(2)6-13)10(14-3)5-11-7/h4-5,8,13H,6H2,1-3H3,(H,11,12)/t8-/m0/s1. The van der Waals surface area contributed by atoms with Crippen molar-refractivity contribution in [2.24, 2.45) is 0 Å². The van der Waals surface area contributed by atoms with Gasteiger partial charge in [0, 0.05) is 11.7 Å². The highest BCUT2D eigenvalue weighted by Gasteiger charge is 2.06. The van der Waals surface area contributed by atoms with Crippen LogP contribution < -0.4 is 10.1 Å². The summed E-state index contributed by atoms with van der Waals surface area (Å²) in [5.74, 6) is 0.691. The van der Waals surface area contributed by atoms with Crippen LogP contribution >= 0.6 is 0 Å².